The molecule has 7 aromatic carbocycles. The van der Waals surface area contributed by atoms with E-state index in [4.69, 9.17) is 0 Å². The van der Waals surface area contributed by atoms with Crippen LogP contribution in [0.15, 0.2) is 170 Å². The van der Waals surface area contributed by atoms with Gasteiger partial charge in [0.2, 0.25) is 0 Å². The molecule has 0 saturated carbocycles. The molecular formula is C50H28N2S4. The summed E-state index contributed by atoms with van der Waals surface area (Å²) in [4.78, 5) is 2.62. The predicted molar refractivity (Wildman–Crippen MR) is 248 cm³/mol. The minimum Gasteiger partial charge on any atom is -0.309 e. The van der Waals surface area contributed by atoms with Crippen molar-refractivity contribution in [3.63, 3.8) is 0 Å². The Morgan fingerprint density at radius 2 is 0.786 bits per heavy atom. The van der Waals surface area contributed by atoms with Gasteiger partial charge in [-0.05, 0) is 60.7 Å². The molecule has 0 aliphatic rings. The summed E-state index contributed by atoms with van der Waals surface area (Å²) in [5.41, 5.74) is 9.96. The maximum atomic E-state index is 2.54. The van der Waals surface area contributed by atoms with E-state index in [1.54, 1.807) is 0 Å². The van der Waals surface area contributed by atoms with Crippen LogP contribution in [-0.4, -0.2) is 9.13 Å². The van der Waals surface area contributed by atoms with Crippen molar-refractivity contribution in [1.29, 1.82) is 0 Å². The number of aromatic nitrogens is 2. The van der Waals surface area contributed by atoms with E-state index in [1.807, 2.05) is 45.3 Å². The van der Waals surface area contributed by atoms with Gasteiger partial charge < -0.3 is 9.13 Å². The zero-order chi connectivity index (χ0) is 36.5. The first-order valence-electron chi connectivity index (χ1n) is 18.7. The van der Waals surface area contributed by atoms with Gasteiger partial charge in [-0.1, -0.05) is 109 Å². The summed E-state index contributed by atoms with van der Waals surface area (Å²) in [6.07, 6.45) is 0. The third kappa shape index (κ3) is 4.35. The van der Waals surface area contributed by atoms with Crippen molar-refractivity contribution >= 4 is 128 Å². The quantitative estimate of drug-likeness (QED) is 0.168. The van der Waals surface area contributed by atoms with Crippen LogP contribution in [-0.2, 0) is 0 Å². The lowest BCUT2D eigenvalue weighted by molar-refractivity contribution is 1.17. The van der Waals surface area contributed by atoms with Crippen LogP contribution in [0.4, 0.5) is 0 Å². The van der Waals surface area contributed by atoms with Gasteiger partial charge in [-0.25, -0.2) is 0 Å². The fraction of sp³-hybridized carbons (Fsp3) is 0. The average Bonchev–Trinajstić information content (AvgIpc) is 4.10. The number of fused-ring (bicyclic) bond motifs is 12. The Hall–Kier alpha value is -6.02. The maximum Gasteiger partial charge on any atom is 0.0711 e. The Bertz CT molecular complexity index is 3550. The Balaban J connectivity index is 1.09. The fourth-order valence-electron chi connectivity index (χ4n) is 8.93. The molecule has 0 aliphatic carbocycles. The molecule has 6 aromatic heterocycles. The zero-order valence-corrected chi connectivity index (χ0v) is 33.0. The molecule has 0 bridgehead atoms. The van der Waals surface area contributed by atoms with Gasteiger partial charge in [0, 0.05) is 83.4 Å². The van der Waals surface area contributed by atoms with E-state index in [-0.39, 0.29) is 0 Å². The van der Waals surface area contributed by atoms with Gasteiger partial charge in [-0.2, -0.15) is 0 Å². The lowest BCUT2D eigenvalue weighted by atomic mass is 10.1. The van der Waals surface area contributed by atoms with Crippen LogP contribution in [0.25, 0.3) is 115 Å². The van der Waals surface area contributed by atoms with Crippen molar-refractivity contribution in [2.24, 2.45) is 0 Å². The summed E-state index contributed by atoms with van der Waals surface area (Å²) < 4.78 is 13.0. The van der Waals surface area contributed by atoms with E-state index in [1.165, 1.54) is 115 Å². The molecular weight excluding hydrogens is 757 g/mol. The van der Waals surface area contributed by atoms with Gasteiger partial charge >= 0.3 is 0 Å². The number of thiophene rings is 4. The topological polar surface area (TPSA) is 9.86 Å². The normalized spacial score (nSPS) is 12.3. The lowest BCUT2D eigenvalue weighted by Gasteiger charge is -2.09. The van der Waals surface area contributed by atoms with Crippen LogP contribution in [0.1, 0.15) is 0 Å². The number of rotatable bonds is 4. The van der Waals surface area contributed by atoms with Gasteiger partial charge in [0.15, 0.2) is 0 Å². The Kier molecular flexibility index (Phi) is 6.55. The standard InChI is InChI=1S/C50H28N2S4/c1-2-12-29(13-3-1)51-39-21-7-4-14-31(39)38-26-30(24-25-40(38)51)52-41-27-45(36-19-10-17-34-32-15-5-8-22-43(32)53-47(34)36)55-49(41)50-42(52)28-46(56-50)37-20-11-18-35-33-16-6-9-23-44(33)54-48(35)37/h1-28H. The largest absolute Gasteiger partial charge is 0.309 e. The number of benzene rings is 7. The third-order valence-corrected chi connectivity index (χ3v) is 16.3. The van der Waals surface area contributed by atoms with Crippen LogP contribution in [0, 0.1) is 0 Å². The van der Waals surface area contributed by atoms with Crippen molar-refractivity contribution in [3.8, 4) is 32.3 Å². The summed E-state index contributed by atoms with van der Waals surface area (Å²) in [7, 11) is 0. The second-order valence-electron chi connectivity index (χ2n) is 14.4. The third-order valence-electron chi connectivity index (χ3n) is 11.4. The molecule has 6 heteroatoms. The summed E-state index contributed by atoms with van der Waals surface area (Å²) in [5, 5.41) is 7.87. The van der Waals surface area contributed by atoms with E-state index in [2.05, 4.69) is 179 Å². The zero-order valence-electron chi connectivity index (χ0n) is 29.7. The van der Waals surface area contributed by atoms with Crippen LogP contribution in [0.5, 0.6) is 0 Å². The Morgan fingerprint density at radius 1 is 0.286 bits per heavy atom. The first-order valence-corrected chi connectivity index (χ1v) is 22.0. The van der Waals surface area contributed by atoms with E-state index in [0.29, 0.717) is 0 Å². The predicted octanol–water partition coefficient (Wildman–Crippen LogP) is 16.1. The molecule has 56 heavy (non-hydrogen) atoms. The van der Waals surface area contributed by atoms with Crippen molar-refractivity contribution in [2.45, 2.75) is 0 Å². The second-order valence-corrected chi connectivity index (χ2v) is 18.6. The number of hydrogen-bond donors (Lipinski definition) is 0. The highest BCUT2D eigenvalue weighted by atomic mass is 32.1. The molecule has 13 aromatic rings. The van der Waals surface area contributed by atoms with E-state index < -0.39 is 0 Å². The molecule has 2 nitrogen and oxygen atoms in total. The molecule has 6 heterocycles. The molecule has 0 N–H and O–H groups in total. The molecule has 0 radical (unpaired) electrons. The van der Waals surface area contributed by atoms with Gasteiger partial charge in [-0.3, -0.25) is 0 Å². The highest BCUT2D eigenvalue weighted by Crippen LogP contribution is 2.50. The van der Waals surface area contributed by atoms with Gasteiger partial charge in [0.25, 0.3) is 0 Å². The summed E-state index contributed by atoms with van der Waals surface area (Å²) in [5.74, 6) is 0. The maximum absolute atomic E-state index is 2.54. The van der Waals surface area contributed by atoms with Crippen molar-refractivity contribution in [1.82, 2.24) is 9.13 Å². The van der Waals surface area contributed by atoms with Crippen LogP contribution >= 0.6 is 45.3 Å². The highest BCUT2D eigenvalue weighted by molar-refractivity contribution is 7.31. The summed E-state index contributed by atoms with van der Waals surface area (Å²) >= 11 is 7.69. The number of nitrogens with zero attached hydrogens (tertiary/aromatic N) is 2. The van der Waals surface area contributed by atoms with E-state index in [9.17, 15) is 0 Å². The molecule has 262 valence electrons. The second kappa shape index (κ2) is 11.7. The van der Waals surface area contributed by atoms with Gasteiger partial charge in [0.1, 0.15) is 0 Å². The summed E-state index contributed by atoms with van der Waals surface area (Å²) in [6.45, 7) is 0. The first-order chi connectivity index (χ1) is 27.8. The first kappa shape index (κ1) is 31.2. The Morgan fingerprint density at radius 3 is 1.41 bits per heavy atom. The number of para-hydroxylation sites is 2. The highest BCUT2D eigenvalue weighted by Gasteiger charge is 2.23. The van der Waals surface area contributed by atoms with E-state index >= 15 is 0 Å². The van der Waals surface area contributed by atoms with Crippen LogP contribution < -0.4 is 0 Å². The monoisotopic (exact) mass is 784 g/mol. The van der Waals surface area contributed by atoms with Crippen LogP contribution in [0.3, 0.4) is 0 Å². The molecule has 0 fully saturated rings. The van der Waals surface area contributed by atoms with Crippen molar-refractivity contribution in [3.05, 3.63) is 170 Å². The van der Waals surface area contributed by atoms with Gasteiger partial charge in [0.05, 0.1) is 31.5 Å². The van der Waals surface area contributed by atoms with Crippen LogP contribution in [0.2, 0.25) is 0 Å². The summed E-state index contributed by atoms with van der Waals surface area (Å²) in [6, 6.07) is 62.8. The molecule has 0 atom stereocenters. The lowest BCUT2D eigenvalue weighted by Crippen LogP contribution is -1.95. The molecule has 0 spiro atoms. The van der Waals surface area contributed by atoms with Crippen molar-refractivity contribution < 1.29 is 0 Å². The van der Waals surface area contributed by atoms with Gasteiger partial charge in [-0.15, -0.1) is 45.3 Å². The molecule has 0 amide bonds. The number of hydrogen-bond acceptors (Lipinski definition) is 4. The minimum atomic E-state index is 1.17. The average molecular weight is 785 g/mol. The fourth-order valence-corrected chi connectivity index (χ4v) is 14.0. The minimum absolute atomic E-state index is 1.17. The Labute approximate surface area is 337 Å². The SMILES string of the molecule is c1ccc(-n2c3ccccc3c3cc(-n4c5cc(-c6cccc7c6sc6ccccc67)sc5c5sc(-c6cccc7c6sc6ccccc67)cc54)ccc32)cc1. The molecule has 0 unspecified atom stereocenters. The van der Waals surface area contributed by atoms with E-state index in [0.717, 1.165) is 0 Å². The molecule has 13 rings (SSSR count). The molecule has 0 aliphatic heterocycles. The van der Waals surface area contributed by atoms with Crippen molar-refractivity contribution in [2.75, 3.05) is 0 Å². The molecule has 0 saturated heterocycles. The smallest absolute Gasteiger partial charge is 0.0711 e.